The Kier molecular flexibility index (Phi) is 3.39. The van der Waals surface area contributed by atoms with E-state index in [1.54, 1.807) is 13.2 Å². The number of nitrogens with two attached hydrogens (primary N) is 1. The summed E-state index contributed by atoms with van der Waals surface area (Å²) in [6.07, 6.45) is 2.18. The van der Waals surface area contributed by atoms with Gasteiger partial charge in [0, 0.05) is 29.8 Å². The van der Waals surface area contributed by atoms with Crippen molar-refractivity contribution in [2.45, 2.75) is 31.0 Å². The van der Waals surface area contributed by atoms with Crippen LogP contribution in [0.4, 0.5) is 4.39 Å². The van der Waals surface area contributed by atoms with Gasteiger partial charge in [-0.3, -0.25) is 4.90 Å². The molecule has 1 saturated carbocycles. The smallest absolute Gasteiger partial charge is 0.128 e. The van der Waals surface area contributed by atoms with Crippen LogP contribution in [0.3, 0.4) is 0 Å². The van der Waals surface area contributed by atoms with E-state index in [-0.39, 0.29) is 17.4 Å². The molecule has 0 aromatic heterocycles. The topological polar surface area (TPSA) is 38.5 Å². The predicted molar refractivity (Wildman–Crippen MR) is 87.6 cm³/mol. The number of hydrogen-bond donors (Lipinski definition) is 1. The van der Waals surface area contributed by atoms with Gasteiger partial charge in [0.15, 0.2) is 0 Å². The van der Waals surface area contributed by atoms with Gasteiger partial charge in [0.25, 0.3) is 0 Å². The second-order valence-corrected chi connectivity index (χ2v) is 6.42. The van der Waals surface area contributed by atoms with E-state index in [2.05, 4.69) is 29.2 Å². The number of methoxy groups -OCH3 is 1. The maximum atomic E-state index is 14.5. The molecule has 0 radical (unpaired) electrons. The number of ether oxygens (including phenoxy) is 1. The molecule has 120 valence electrons. The maximum absolute atomic E-state index is 14.5. The van der Waals surface area contributed by atoms with Crippen molar-refractivity contribution in [2.75, 3.05) is 13.7 Å². The van der Waals surface area contributed by atoms with Crippen LogP contribution < -0.4 is 10.5 Å². The molecule has 2 N–H and O–H groups in total. The second-order valence-electron chi connectivity index (χ2n) is 6.42. The van der Waals surface area contributed by atoms with Crippen molar-refractivity contribution in [3.63, 3.8) is 0 Å². The molecular weight excluding hydrogens is 291 g/mol. The van der Waals surface area contributed by atoms with E-state index in [4.69, 9.17) is 10.5 Å². The molecule has 0 saturated heterocycles. The summed E-state index contributed by atoms with van der Waals surface area (Å²) in [5.41, 5.74) is 9.00. The number of hydrogen-bond acceptors (Lipinski definition) is 3. The summed E-state index contributed by atoms with van der Waals surface area (Å²) < 4.78 is 19.9. The molecule has 4 heteroatoms. The summed E-state index contributed by atoms with van der Waals surface area (Å²) in [7, 11) is 1.64. The third-order valence-corrected chi connectivity index (χ3v) is 5.33. The van der Waals surface area contributed by atoms with E-state index in [0.717, 1.165) is 24.2 Å². The van der Waals surface area contributed by atoms with Crippen molar-refractivity contribution in [3.8, 4) is 5.75 Å². The highest BCUT2D eigenvalue weighted by atomic mass is 19.1. The minimum Gasteiger partial charge on any atom is -0.496 e. The third-order valence-electron chi connectivity index (χ3n) is 5.33. The van der Waals surface area contributed by atoms with Crippen LogP contribution in [0.2, 0.25) is 0 Å². The quantitative estimate of drug-likeness (QED) is 0.941. The van der Waals surface area contributed by atoms with Gasteiger partial charge in [0.2, 0.25) is 0 Å². The zero-order valence-electron chi connectivity index (χ0n) is 13.3. The van der Waals surface area contributed by atoms with E-state index >= 15 is 0 Å². The number of nitrogens with zero attached hydrogens (tertiary/aromatic N) is 1. The fourth-order valence-electron chi connectivity index (χ4n) is 4.07. The average molecular weight is 312 g/mol. The highest BCUT2D eigenvalue weighted by Gasteiger charge is 2.54. The number of rotatable bonds is 4. The molecule has 0 bridgehead atoms. The summed E-state index contributed by atoms with van der Waals surface area (Å²) >= 11 is 0. The molecule has 2 aromatic rings. The number of halogens is 1. The van der Waals surface area contributed by atoms with Crippen LogP contribution in [0.1, 0.15) is 35.6 Å². The molecule has 1 aliphatic heterocycles. The van der Waals surface area contributed by atoms with Gasteiger partial charge in [0.1, 0.15) is 11.6 Å². The second kappa shape index (κ2) is 5.32. The van der Waals surface area contributed by atoms with Gasteiger partial charge in [-0.1, -0.05) is 30.3 Å². The normalized spacial score (nSPS) is 22.0. The van der Waals surface area contributed by atoms with Crippen LogP contribution >= 0.6 is 0 Å². The Bertz CT molecular complexity index is 728. The van der Waals surface area contributed by atoms with Gasteiger partial charge in [-0.2, -0.15) is 0 Å². The van der Waals surface area contributed by atoms with Crippen molar-refractivity contribution in [2.24, 2.45) is 5.73 Å². The lowest BCUT2D eigenvalue weighted by Gasteiger charge is -2.33. The molecule has 4 rings (SSSR count). The first-order valence-corrected chi connectivity index (χ1v) is 8.09. The molecule has 3 nitrogen and oxygen atoms in total. The first-order chi connectivity index (χ1) is 11.2. The lowest BCUT2D eigenvalue weighted by atomic mass is 10.00. The predicted octanol–water partition coefficient (Wildman–Crippen LogP) is 3.34. The van der Waals surface area contributed by atoms with E-state index in [0.29, 0.717) is 18.7 Å². The Hall–Kier alpha value is -1.91. The summed E-state index contributed by atoms with van der Waals surface area (Å²) in [6, 6.07) is 13.6. The minimum atomic E-state index is -0.178. The Labute approximate surface area is 135 Å². The van der Waals surface area contributed by atoms with Gasteiger partial charge in [-0.15, -0.1) is 0 Å². The lowest BCUT2D eigenvalue weighted by molar-refractivity contribution is 0.127. The molecule has 1 unspecified atom stereocenters. The first kappa shape index (κ1) is 14.7. The zero-order valence-corrected chi connectivity index (χ0v) is 13.3. The van der Waals surface area contributed by atoms with Gasteiger partial charge >= 0.3 is 0 Å². The van der Waals surface area contributed by atoms with Crippen molar-refractivity contribution >= 4 is 0 Å². The monoisotopic (exact) mass is 312 g/mol. The summed E-state index contributed by atoms with van der Waals surface area (Å²) in [4.78, 5) is 2.37. The highest BCUT2D eigenvalue weighted by Crippen LogP contribution is 2.57. The van der Waals surface area contributed by atoms with E-state index in [1.165, 1.54) is 11.6 Å². The zero-order chi connectivity index (χ0) is 16.0. The van der Waals surface area contributed by atoms with Gasteiger partial charge in [-0.05, 0) is 30.5 Å². The Morgan fingerprint density at radius 1 is 1.22 bits per heavy atom. The molecule has 1 aliphatic carbocycles. The van der Waals surface area contributed by atoms with Crippen molar-refractivity contribution in [3.05, 3.63) is 65.0 Å². The molecule has 1 atom stereocenters. The summed E-state index contributed by atoms with van der Waals surface area (Å²) in [5, 5.41) is 0. The molecule has 1 fully saturated rings. The SMILES string of the molecule is COc1ccc(F)c2c1CN(C1(c3ccccc3)CC1)C2CN. The van der Waals surface area contributed by atoms with Crippen molar-refractivity contribution < 1.29 is 9.13 Å². The molecule has 2 aliphatic rings. The molecular formula is C19H21FN2O. The Morgan fingerprint density at radius 3 is 2.57 bits per heavy atom. The molecule has 2 aromatic carbocycles. The van der Waals surface area contributed by atoms with E-state index < -0.39 is 0 Å². The molecule has 0 amide bonds. The lowest BCUT2D eigenvalue weighted by Crippen LogP contribution is -2.37. The fourth-order valence-corrected chi connectivity index (χ4v) is 4.07. The van der Waals surface area contributed by atoms with Crippen molar-refractivity contribution in [1.82, 2.24) is 4.90 Å². The van der Waals surface area contributed by atoms with Gasteiger partial charge < -0.3 is 10.5 Å². The van der Waals surface area contributed by atoms with Gasteiger partial charge in [0.05, 0.1) is 13.2 Å². The largest absolute Gasteiger partial charge is 0.496 e. The molecule has 23 heavy (non-hydrogen) atoms. The van der Waals surface area contributed by atoms with Crippen LogP contribution in [0.25, 0.3) is 0 Å². The van der Waals surface area contributed by atoms with E-state index in [1.807, 2.05) is 6.07 Å². The highest BCUT2D eigenvalue weighted by molar-refractivity contribution is 5.47. The van der Waals surface area contributed by atoms with E-state index in [9.17, 15) is 4.39 Å². The Balaban J connectivity index is 1.79. The third kappa shape index (κ3) is 2.09. The van der Waals surface area contributed by atoms with Crippen LogP contribution in [-0.2, 0) is 12.1 Å². The van der Waals surface area contributed by atoms with Crippen molar-refractivity contribution in [1.29, 1.82) is 0 Å². The first-order valence-electron chi connectivity index (χ1n) is 8.09. The van der Waals surface area contributed by atoms with Crippen LogP contribution in [0.5, 0.6) is 5.75 Å². The Morgan fingerprint density at radius 2 is 1.96 bits per heavy atom. The summed E-state index contributed by atoms with van der Waals surface area (Å²) in [6.45, 7) is 1.10. The standard InChI is InChI=1S/C19H21FN2O/c1-23-17-8-7-15(20)18-14(17)12-22(16(18)11-21)19(9-10-19)13-5-3-2-4-6-13/h2-8,16H,9-12,21H2,1H3. The van der Waals surface area contributed by atoms with Crippen LogP contribution in [-0.4, -0.2) is 18.6 Å². The number of benzene rings is 2. The average Bonchev–Trinajstić information content (AvgIpc) is 3.30. The van der Waals surface area contributed by atoms with Crippen LogP contribution in [0, 0.1) is 5.82 Å². The molecule has 1 heterocycles. The van der Waals surface area contributed by atoms with Gasteiger partial charge in [-0.25, -0.2) is 4.39 Å². The summed E-state index contributed by atoms with van der Waals surface area (Å²) in [5.74, 6) is 0.578. The number of fused-ring (bicyclic) bond motifs is 1. The fraction of sp³-hybridized carbons (Fsp3) is 0.368. The minimum absolute atomic E-state index is 0.0121. The maximum Gasteiger partial charge on any atom is 0.128 e. The van der Waals surface area contributed by atoms with Crippen LogP contribution in [0.15, 0.2) is 42.5 Å². The molecule has 0 spiro atoms.